The van der Waals surface area contributed by atoms with Gasteiger partial charge in [-0.25, -0.2) is 0 Å². The van der Waals surface area contributed by atoms with Crippen LogP contribution >= 0.6 is 12.2 Å². The van der Waals surface area contributed by atoms with Gasteiger partial charge in [0.05, 0.1) is 19.8 Å². The Morgan fingerprint density at radius 3 is 2.58 bits per heavy atom. The molecule has 0 aliphatic carbocycles. The lowest BCUT2D eigenvalue weighted by atomic mass is 10.1. The summed E-state index contributed by atoms with van der Waals surface area (Å²) in [5.74, 6) is 2.21. The first-order valence-electron chi connectivity index (χ1n) is 5.97. The predicted octanol–water partition coefficient (Wildman–Crippen LogP) is 3.21. The number of benzene rings is 1. The average molecular weight is 279 g/mol. The summed E-state index contributed by atoms with van der Waals surface area (Å²) in [6.07, 6.45) is 0. The lowest BCUT2D eigenvalue weighted by Crippen LogP contribution is -2.04. The smallest absolute Gasteiger partial charge is 0.195 e. The molecule has 0 saturated carbocycles. The highest BCUT2D eigenvalue weighted by Gasteiger charge is 2.16. The third-order valence-electron chi connectivity index (χ3n) is 2.87. The van der Waals surface area contributed by atoms with Gasteiger partial charge in [0.15, 0.2) is 10.6 Å². The second kappa shape index (κ2) is 5.44. The molecule has 0 aliphatic heterocycles. The molecule has 2 aromatic rings. The second-order valence-electron chi connectivity index (χ2n) is 4.38. The van der Waals surface area contributed by atoms with E-state index in [4.69, 9.17) is 21.7 Å². The Morgan fingerprint density at radius 1 is 1.26 bits per heavy atom. The minimum absolute atomic E-state index is 0.216. The first kappa shape index (κ1) is 13.6. The first-order chi connectivity index (χ1) is 9.08. The number of H-pyrrole nitrogens is 1. The topological polar surface area (TPSA) is 52.1 Å². The van der Waals surface area contributed by atoms with Gasteiger partial charge in [-0.15, -0.1) is 0 Å². The molecule has 19 heavy (non-hydrogen) atoms. The molecule has 1 aromatic heterocycles. The number of ether oxygens (including phenoxy) is 2. The van der Waals surface area contributed by atoms with Crippen molar-refractivity contribution in [1.29, 1.82) is 0 Å². The van der Waals surface area contributed by atoms with Crippen molar-refractivity contribution < 1.29 is 9.47 Å². The molecule has 1 heterocycles. The molecule has 5 nitrogen and oxygen atoms in total. The zero-order chi connectivity index (χ0) is 14.0. The quantitative estimate of drug-likeness (QED) is 0.873. The minimum atomic E-state index is 0.216. The average Bonchev–Trinajstić information content (AvgIpc) is 2.79. The number of aromatic amines is 1. The molecule has 0 amide bonds. The highest BCUT2D eigenvalue weighted by molar-refractivity contribution is 7.71. The lowest BCUT2D eigenvalue weighted by molar-refractivity contribution is 0.395. The van der Waals surface area contributed by atoms with Gasteiger partial charge in [0, 0.05) is 12.1 Å². The zero-order valence-electron chi connectivity index (χ0n) is 11.4. The lowest BCUT2D eigenvalue weighted by Gasteiger charge is -2.13. The molecule has 0 unspecified atom stereocenters. The summed E-state index contributed by atoms with van der Waals surface area (Å²) in [5.41, 5.74) is 0.879. The largest absolute Gasteiger partial charge is 0.497 e. The van der Waals surface area contributed by atoms with Crippen molar-refractivity contribution in [2.24, 2.45) is 0 Å². The fraction of sp³-hybridized carbons (Fsp3) is 0.385. The van der Waals surface area contributed by atoms with Crippen LogP contribution in [-0.2, 0) is 0 Å². The summed E-state index contributed by atoms with van der Waals surface area (Å²) in [5, 5.41) is 7.12. The van der Waals surface area contributed by atoms with E-state index in [-0.39, 0.29) is 6.04 Å². The third-order valence-corrected chi connectivity index (χ3v) is 3.16. The molecule has 0 radical (unpaired) electrons. The van der Waals surface area contributed by atoms with Crippen LogP contribution in [0.3, 0.4) is 0 Å². The van der Waals surface area contributed by atoms with Crippen LogP contribution in [0.25, 0.3) is 11.4 Å². The van der Waals surface area contributed by atoms with Gasteiger partial charge < -0.3 is 9.47 Å². The maximum Gasteiger partial charge on any atom is 0.195 e. The van der Waals surface area contributed by atoms with E-state index in [0.29, 0.717) is 10.5 Å². The molecular weight excluding hydrogens is 262 g/mol. The van der Waals surface area contributed by atoms with E-state index in [1.54, 1.807) is 14.2 Å². The number of nitrogens with zero attached hydrogens (tertiary/aromatic N) is 2. The monoisotopic (exact) mass is 279 g/mol. The molecule has 6 heteroatoms. The van der Waals surface area contributed by atoms with Crippen molar-refractivity contribution in [3.63, 3.8) is 0 Å². The fourth-order valence-corrected chi connectivity index (χ4v) is 2.30. The van der Waals surface area contributed by atoms with Crippen molar-refractivity contribution >= 4 is 12.2 Å². The fourth-order valence-electron chi connectivity index (χ4n) is 1.96. The van der Waals surface area contributed by atoms with E-state index in [1.165, 1.54) is 0 Å². The van der Waals surface area contributed by atoms with Gasteiger partial charge in [-0.2, -0.15) is 5.10 Å². The van der Waals surface area contributed by atoms with Crippen LogP contribution in [0.1, 0.15) is 19.9 Å². The zero-order valence-corrected chi connectivity index (χ0v) is 12.2. The highest BCUT2D eigenvalue weighted by Crippen LogP contribution is 2.33. The number of hydrogen-bond acceptors (Lipinski definition) is 4. The van der Waals surface area contributed by atoms with E-state index in [0.717, 1.165) is 17.1 Å². The summed E-state index contributed by atoms with van der Waals surface area (Å²) >= 11 is 5.26. The number of rotatable bonds is 4. The number of nitrogens with one attached hydrogen (secondary N) is 1. The molecule has 0 bridgehead atoms. The predicted molar refractivity (Wildman–Crippen MR) is 76.3 cm³/mol. The van der Waals surface area contributed by atoms with Crippen molar-refractivity contribution in [3.8, 4) is 22.9 Å². The van der Waals surface area contributed by atoms with E-state index >= 15 is 0 Å². The molecule has 102 valence electrons. The Kier molecular flexibility index (Phi) is 3.90. The minimum Gasteiger partial charge on any atom is -0.497 e. The van der Waals surface area contributed by atoms with Gasteiger partial charge in [-0.1, -0.05) is 0 Å². The van der Waals surface area contributed by atoms with Crippen LogP contribution in [-0.4, -0.2) is 29.0 Å². The van der Waals surface area contributed by atoms with E-state index in [2.05, 4.69) is 24.0 Å². The molecule has 0 atom stereocenters. The second-order valence-corrected chi connectivity index (χ2v) is 4.77. The molecule has 0 aliphatic rings. The Hall–Kier alpha value is -1.82. The van der Waals surface area contributed by atoms with E-state index in [1.807, 2.05) is 22.8 Å². The van der Waals surface area contributed by atoms with Gasteiger partial charge in [0.1, 0.15) is 11.5 Å². The maximum atomic E-state index is 5.40. The summed E-state index contributed by atoms with van der Waals surface area (Å²) in [7, 11) is 3.25. The van der Waals surface area contributed by atoms with Gasteiger partial charge >= 0.3 is 0 Å². The van der Waals surface area contributed by atoms with Crippen LogP contribution in [0, 0.1) is 4.77 Å². The summed E-state index contributed by atoms with van der Waals surface area (Å²) < 4.78 is 13.2. The van der Waals surface area contributed by atoms with Crippen LogP contribution in [0.15, 0.2) is 18.2 Å². The summed E-state index contributed by atoms with van der Waals surface area (Å²) in [6.45, 7) is 4.12. The molecule has 1 aromatic carbocycles. The van der Waals surface area contributed by atoms with Crippen LogP contribution in [0.4, 0.5) is 0 Å². The van der Waals surface area contributed by atoms with E-state index in [9.17, 15) is 0 Å². The number of hydrogen-bond donors (Lipinski definition) is 1. The molecule has 2 rings (SSSR count). The Balaban J connectivity index is 2.62. The number of methoxy groups -OCH3 is 2. The highest BCUT2D eigenvalue weighted by atomic mass is 32.1. The van der Waals surface area contributed by atoms with Gasteiger partial charge in [0.25, 0.3) is 0 Å². The Bertz CT molecular complexity index is 631. The standard InChI is InChI=1S/C13H17N3O2S/c1-8(2)16-12(14-15-13(16)19)10-6-5-9(17-3)7-11(10)18-4/h5-8H,1-4H3,(H,15,19). The number of aromatic nitrogens is 3. The molecule has 0 fully saturated rings. The van der Waals surface area contributed by atoms with Crippen molar-refractivity contribution in [2.45, 2.75) is 19.9 Å². The first-order valence-corrected chi connectivity index (χ1v) is 6.38. The van der Waals surface area contributed by atoms with Crippen molar-refractivity contribution in [1.82, 2.24) is 14.8 Å². The SMILES string of the molecule is COc1ccc(-c2n[nH]c(=S)n2C(C)C)c(OC)c1. The van der Waals surface area contributed by atoms with Crippen LogP contribution in [0.2, 0.25) is 0 Å². The molecule has 1 N–H and O–H groups in total. The van der Waals surface area contributed by atoms with E-state index < -0.39 is 0 Å². The van der Waals surface area contributed by atoms with Crippen molar-refractivity contribution in [2.75, 3.05) is 14.2 Å². The normalized spacial score (nSPS) is 10.8. The van der Waals surface area contributed by atoms with Crippen LogP contribution in [0.5, 0.6) is 11.5 Å². The maximum absolute atomic E-state index is 5.40. The Morgan fingerprint density at radius 2 is 2.00 bits per heavy atom. The van der Waals surface area contributed by atoms with Gasteiger partial charge in [-0.3, -0.25) is 9.67 Å². The molecule has 0 spiro atoms. The summed E-state index contributed by atoms with van der Waals surface area (Å²) in [6, 6.07) is 5.84. The van der Waals surface area contributed by atoms with Gasteiger partial charge in [-0.05, 0) is 38.2 Å². The van der Waals surface area contributed by atoms with Crippen LogP contribution < -0.4 is 9.47 Å². The third kappa shape index (κ3) is 2.49. The summed E-state index contributed by atoms with van der Waals surface area (Å²) in [4.78, 5) is 0. The van der Waals surface area contributed by atoms with Gasteiger partial charge in [0.2, 0.25) is 0 Å². The van der Waals surface area contributed by atoms with Crippen molar-refractivity contribution in [3.05, 3.63) is 23.0 Å². The Labute approximate surface area is 117 Å². The molecule has 0 saturated heterocycles. The molecular formula is C13H17N3O2S.